The molecule has 29 heavy (non-hydrogen) atoms. The summed E-state index contributed by atoms with van der Waals surface area (Å²) in [4.78, 5) is 16.1. The fourth-order valence-electron chi connectivity index (χ4n) is 3.05. The van der Waals surface area contributed by atoms with E-state index in [4.69, 9.17) is 11.6 Å². The van der Waals surface area contributed by atoms with Crippen molar-refractivity contribution >= 4 is 34.5 Å². The van der Waals surface area contributed by atoms with Gasteiger partial charge >= 0.3 is 0 Å². The lowest BCUT2D eigenvalue weighted by Crippen LogP contribution is -2.48. The van der Waals surface area contributed by atoms with Crippen molar-refractivity contribution in [1.29, 1.82) is 0 Å². The highest BCUT2D eigenvalue weighted by molar-refractivity contribution is 7.80. The van der Waals surface area contributed by atoms with Crippen LogP contribution < -0.4 is 4.72 Å². The molecule has 1 amide bonds. The van der Waals surface area contributed by atoms with Gasteiger partial charge in [0, 0.05) is 61.3 Å². The van der Waals surface area contributed by atoms with Crippen molar-refractivity contribution < 1.29 is 26.7 Å². The van der Waals surface area contributed by atoms with E-state index >= 15 is 0 Å². The maximum absolute atomic E-state index is 13.8. The van der Waals surface area contributed by atoms with E-state index in [0.717, 1.165) is 6.07 Å². The largest absolute Gasteiger partial charge is 0.755 e. The molecule has 1 aliphatic rings. The molecule has 1 saturated heterocycles. The van der Waals surface area contributed by atoms with Gasteiger partial charge in [-0.15, -0.1) is 0 Å². The van der Waals surface area contributed by atoms with Gasteiger partial charge in [0.2, 0.25) is 0 Å². The number of anilines is 1. The van der Waals surface area contributed by atoms with Crippen molar-refractivity contribution in [1.82, 2.24) is 9.80 Å². The summed E-state index contributed by atoms with van der Waals surface area (Å²) in [5, 5.41) is 0.108. The maximum Gasteiger partial charge on any atom is 0.255 e. The lowest BCUT2D eigenvalue weighted by atomic mass is 10.1. The topological polar surface area (TPSA) is 75.7 Å². The Morgan fingerprint density at radius 2 is 1.72 bits per heavy atom. The highest BCUT2D eigenvalue weighted by Crippen LogP contribution is 2.24. The Morgan fingerprint density at radius 1 is 1.07 bits per heavy atom. The molecule has 1 N–H and O–H groups in total. The van der Waals surface area contributed by atoms with Gasteiger partial charge in [0.1, 0.15) is 5.82 Å². The average Bonchev–Trinajstić information content (AvgIpc) is 2.66. The Kier molecular flexibility index (Phi) is 6.78. The maximum atomic E-state index is 13.8. The molecule has 11 heteroatoms. The van der Waals surface area contributed by atoms with Crippen LogP contribution in [0.25, 0.3) is 0 Å². The zero-order valence-electron chi connectivity index (χ0n) is 15.0. The van der Waals surface area contributed by atoms with E-state index < -0.39 is 28.7 Å². The third-order valence-corrected chi connectivity index (χ3v) is 5.26. The van der Waals surface area contributed by atoms with E-state index in [1.165, 1.54) is 18.2 Å². The summed E-state index contributed by atoms with van der Waals surface area (Å²) in [5.41, 5.74) is 0.512. The lowest BCUT2D eigenvalue weighted by Gasteiger charge is -2.35. The van der Waals surface area contributed by atoms with Crippen LogP contribution in [0.15, 0.2) is 30.3 Å². The molecule has 1 fully saturated rings. The molecule has 0 aliphatic carbocycles. The molecule has 3 rings (SSSR count). The molecule has 1 unspecified atom stereocenters. The van der Waals surface area contributed by atoms with Gasteiger partial charge < -0.3 is 14.2 Å². The van der Waals surface area contributed by atoms with Crippen LogP contribution in [0.1, 0.15) is 15.9 Å². The first kappa shape index (κ1) is 21.6. The average molecular weight is 447 g/mol. The molecule has 0 radical (unpaired) electrons. The van der Waals surface area contributed by atoms with E-state index in [1.807, 2.05) is 4.90 Å². The van der Waals surface area contributed by atoms with Gasteiger partial charge in [-0.25, -0.2) is 13.2 Å². The van der Waals surface area contributed by atoms with Gasteiger partial charge in [-0.1, -0.05) is 11.6 Å². The van der Waals surface area contributed by atoms with E-state index in [2.05, 4.69) is 4.72 Å². The molecule has 2 aromatic carbocycles. The Bertz CT molecular complexity index is 955. The Balaban J connectivity index is 1.61. The monoisotopic (exact) mass is 446 g/mol. The van der Waals surface area contributed by atoms with Gasteiger partial charge in [-0.2, -0.15) is 0 Å². The number of carbonyl (C=O) groups is 1. The third-order valence-electron chi connectivity index (χ3n) is 4.54. The van der Waals surface area contributed by atoms with Crippen molar-refractivity contribution in [2.45, 2.75) is 6.54 Å². The molecule has 2 aromatic rings. The number of carbonyl (C=O) groups excluding carboxylic acids is 1. The predicted molar refractivity (Wildman–Crippen MR) is 101 cm³/mol. The van der Waals surface area contributed by atoms with Crippen LogP contribution in [0.3, 0.4) is 0 Å². The van der Waals surface area contributed by atoms with Crippen molar-refractivity contribution in [2.75, 3.05) is 30.9 Å². The highest BCUT2D eigenvalue weighted by Gasteiger charge is 2.24. The third kappa shape index (κ3) is 5.27. The van der Waals surface area contributed by atoms with Crippen molar-refractivity contribution in [2.24, 2.45) is 0 Å². The van der Waals surface area contributed by atoms with Gasteiger partial charge in [-0.05, 0) is 24.3 Å². The summed E-state index contributed by atoms with van der Waals surface area (Å²) in [7, 11) is 0. The Hall–Kier alpha value is -2.14. The normalized spacial score (nSPS) is 16.0. The number of hydrogen-bond donors (Lipinski definition) is 1. The highest BCUT2D eigenvalue weighted by atomic mass is 35.5. The summed E-state index contributed by atoms with van der Waals surface area (Å²) in [5.74, 6) is -3.48. The fourth-order valence-corrected chi connectivity index (χ4v) is 3.63. The minimum Gasteiger partial charge on any atom is -0.755 e. The summed E-state index contributed by atoms with van der Waals surface area (Å²) < 4.78 is 63.7. The molecular weight excluding hydrogens is 431 g/mol. The van der Waals surface area contributed by atoms with Crippen LogP contribution in [0, 0.1) is 17.5 Å². The second kappa shape index (κ2) is 9.12. The molecule has 0 aromatic heterocycles. The first-order valence-electron chi connectivity index (χ1n) is 8.55. The van der Waals surface area contributed by atoms with Crippen LogP contribution >= 0.6 is 11.6 Å². The quantitative estimate of drug-likeness (QED) is 0.566. The van der Waals surface area contributed by atoms with E-state index in [-0.39, 0.29) is 34.3 Å². The fraction of sp³-hybridized carbons (Fsp3) is 0.278. The standard InChI is InChI=1S/C18H17ClF3N3O3S/c19-14-8-12(23-29(27)28)1-2-13(14)18(26)25-5-3-24(4-6-25)10-11-7-16(21)17(22)9-15(11)20/h1-2,7-9,23H,3-6,10H2,(H,27,28)/p-1. The number of rotatable bonds is 5. The minimum absolute atomic E-state index is 0.0468. The SMILES string of the molecule is O=C(c1ccc(NS(=O)[O-])cc1Cl)N1CCN(Cc2cc(F)c(F)cc2F)CC1. The van der Waals surface area contributed by atoms with Crippen LogP contribution in [0.4, 0.5) is 18.9 Å². The smallest absolute Gasteiger partial charge is 0.255 e. The van der Waals surface area contributed by atoms with Crippen LogP contribution in [-0.2, 0) is 17.8 Å². The predicted octanol–water partition coefficient (Wildman–Crippen LogP) is 2.92. The number of amides is 1. The van der Waals surface area contributed by atoms with Crippen LogP contribution in [-0.4, -0.2) is 50.6 Å². The molecular formula is C18H16ClF3N3O3S-. The Morgan fingerprint density at radius 3 is 2.34 bits per heavy atom. The summed E-state index contributed by atoms with van der Waals surface area (Å²) >= 11 is 3.60. The van der Waals surface area contributed by atoms with E-state index in [1.54, 1.807) is 4.90 Å². The van der Waals surface area contributed by atoms with E-state index in [0.29, 0.717) is 32.2 Å². The van der Waals surface area contributed by atoms with Crippen molar-refractivity contribution in [3.05, 3.63) is 63.9 Å². The molecule has 6 nitrogen and oxygen atoms in total. The molecule has 156 valence electrons. The second-order valence-corrected chi connectivity index (χ2v) is 7.54. The zero-order valence-corrected chi connectivity index (χ0v) is 16.5. The number of halogens is 4. The number of nitrogens with zero attached hydrogens (tertiary/aromatic N) is 2. The van der Waals surface area contributed by atoms with Gasteiger partial charge in [0.05, 0.1) is 10.6 Å². The zero-order chi connectivity index (χ0) is 21.1. The van der Waals surface area contributed by atoms with Gasteiger partial charge in [0.15, 0.2) is 11.6 Å². The minimum atomic E-state index is -2.50. The number of piperazine rings is 1. The first-order valence-corrected chi connectivity index (χ1v) is 10.0. The van der Waals surface area contributed by atoms with Crippen LogP contribution in [0.2, 0.25) is 5.02 Å². The first-order chi connectivity index (χ1) is 13.7. The summed E-state index contributed by atoms with van der Waals surface area (Å²) in [6.45, 7) is 1.60. The lowest BCUT2D eigenvalue weighted by molar-refractivity contribution is 0.0627. The summed E-state index contributed by atoms with van der Waals surface area (Å²) in [6.07, 6.45) is 0. The van der Waals surface area contributed by atoms with Gasteiger partial charge in [-0.3, -0.25) is 13.9 Å². The second-order valence-electron chi connectivity index (χ2n) is 6.46. The summed E-state index contributed by atoms with van der Waals surface area (Å²) in [6, 6.07) is 5.56. The Labute approximate surface area is 172 Å². The molecule has 0 spiro atoms. The molecule has 0 bridgehead atoms. The van der Waals surface area contributed by atoms with Gasteiger partial charge in [0.25, 0.3) is 5.91 Å². The number of benzene rings is 2. The number of nitrogens with one attached hydrogen (secondary N) is 1. The van der Waals surface area contributed by atoms with E-state index in [9.17, 15) is 26.7 Å². The van der Waals surface area contributed by atoms with Crippen molar-refractivity contribution in [3.63, 3.8) is 0 Å². The van der Waals surface area contributed by atoms with Crippen LogP contribution in [0.5, 0.6) is 0 Å². The molecule has 1 atom stereocenters. The number of hydrogen-bond acceptors (Lipinski definition) is 4. The molecule has 1 heterocycles. The molecule has 1 aliphatic heterocycles. The molecule has 0 saturated carbocycles. The van der Waals surface area contributed by atoms with Crippen molar-refractivity contribution in [3.8, 4) is 0 Å².